The van der Waals surface area contributed by atoms with Gasteiger partial charge in [0.2, 0.25) is 0 Å². The molecule has 3 nitrogen and oxygen atoms in total. The first-order valence-electron chi connectivity index (χ1n) is 4.21. The van der Waals surface area contributed by atoms with E-state index in [0.717, 1.165) is 24.1 Å². The molecule has 1 atom stereocenters. The van der Waals surface area contributed by atoms with E-state index in [1.807, 2.05) is 6.20 Å². The Morgan fingerprint density at radius 1 is 1.75 bits per heavy atom. The minimum atomic E-state index is 0.628. The molecule has 1 unspecified atom stereocenters. The topological polar surface area (TPSA) is 43.8 Å². The summed E-state index contributed by atoms with van der Waals surface area (Å²) in [7, 11) is 0. The van der Waals surface area contributed by atoms with E-state index in [0.29, 0.717) is 5.92 Å². The van der Waals surface area contributed by atoms with E-state index < -0.39 is 0 Å². The Balaban J connectivity index is 2.26. The molecule has 0 fully saturated rings. The lowest BCUT2D eigenvalue weighted by Gasteiger charge is -2.22. The van der Waals surface area contributed by atoms with Gasteiger partial charge in [0.15, 0.2) is 0 Å². The number of aromatic nitrogens is 2. The van der Waals surface area contributed by atoms with Crippen molar-refractivity contribution in [3.05, 3.63) is 16.6 Å². The summed E-state index contributed by atoms with van der Waals surface area (Å²) in [6.07, 6.45) is 4.11. The third kappa shape index (κ3) is 1.29. The number of halogens is 1. The van der Waals surface area contributed by atoms with Gasteiger partial charge < -0.3 is 10.3 Å². The monoisotopic (exact) mass is 229 g/mol. The quantitative estimate of drug-likeness (QED) is 0.786. The number of nitrogens with two attached hydrogens (primary N) is 1. The molecule has 0 saturated carbocycles. The summed E-state index contributed by atoms with van der Waals surface area (Å²) in [4.78, 5) is 4.30. The number of nitrogens with zero attached hydrogens (tertiary/aromatic N) is 2. The molecule has 1 aromatic heterocycles. The van der Waals surface area contributed by atoms with Gasteiger partial charge in [-0.25, -0.2) is 4.98 Å². The largest absolute Gasteiger partial charge is 0.330 e. The fourth-order valence-corrected chi connectivity index (χ4v) is 2.11. The lowest BCUT2D eigenvalue weighted by molar-refractivity contribution is 0.370. The Hall–Kier alpha value is -0.350. The summed E-state index contributed by atoms with van der Waals surface area (Å²) in [5, 5.41) is 0. The first-order chi connectivity index (χ1) is 5.81. The Labute approximate surface area is 80.1 Å². The lowest BCUT2D eigenvalue weighted by atomic mass is 10.00. The summed E-state index contributed by atoms with van der Waals surface area (Å²) in [5.74, 6) is 1.81. The van der Waals surface area contributed by atoms with Crippen molar-refractivity contribution in [1.82, 2.24) is 9.55 Å². The molecule has 4 heteroatoms. The van der Waals surface area contributed by atoms with Crippen LogP contribution in [0.25, 0.3) is 0 Å². The minimum absolute atomic E-state index is 0.628. The second-order valence-electron chi connectivity index (χ2n) is 3.25. The number of hydrogen-bond donors (Lipinski definition) is 1. The molecule has 12 heavy (non-hydrogen) atoms. The predicted octanol–water partition coefficient (Wildman–Crippen LogP) is 1.17. The van der Waals surface area contributed by atoms with E-state index in [9.17, 15) is 0 Å². The van der Waals surface area contributed by atoms with E-state index in [1.54, 1.807) is 0 Å². The Bertz CT molecular complexity index is 282. The number of rotatable bonds is 1. The Morgan fingerprint density at radius 2 is 2.58 bits per heavy atom. The van der Waals surface area contributed by atoms with Gasteiger partial charge in [-0.2, -0.15) is 0 Å². The molecule has 1 aromatic rings. The van der Waals surface area contributed by atoms with Gasteiger partial charge >= 0.3 is 0 Å². The van der Waals surface area contributed by atoms with Gasteiger partial charge in [-0.1, -0.05) is 0 Å². The molecule has 0 bridgehead atoms. The van der Waals surface area contributed by atoms with Crippen LogP contribution in [-0.4, -0.2) is 16.1 Å². The van der Waals surface area contributed by atoms with Crippen molar-refractivity contribution in [2.24, 2.45) is 11.7 Å². The van der Waals surface area contributed by atoms with Crippen molar-refractivity contribution in [2.45, 2.75) is 19.4 Å². The smallest absolute Gasteiger partial charge is 0.109 e. The maximum absolute atomic E-state index is 5.63. The molecule has 0 amide bonds. The van der Waals surface area contributed by atoms with Crippen LogP contribution in [0.15, 0.2) is 10.8 Å². The normalized spacial score (nSPS) is 22.3. The molecule has 2 heterocycles. The molecule has 0 radical (unpaired) electrons. The van der Waals surface area contributed by atoms with Crippen molar-refractivity contribution >= 4 is 15.9 Å². The van der Waals surface area contributed by atoms with Gasteiger partial charge in [0.05, 0.1) is 6.20 Å². The Morgan fingerprint density at radius 3 is 3.33 bits per heavy atom. The molecule has 0 aliphatic carbocycles. The van der Waals surface area contributed by atoms with Gasteiger partial charge in [0.1, 0.15) is 10.4 Å². The second-order valence-corrected chi connectivity index (χ2v) is 4.06. The summed E-state index contributed by atoms with van der Waals surface area (Å²) in [6, 6.07) is 0. The first kappa shape index (κ1) is 8.26. The van der Waals surface area contributed by atoms with Crippen molar-refractivity contribution in [1.29, 1.82) is 0 Å². The zero-order valence-electron chi connectivity index (χ0n) is 6.83. The van der Waals surface area contributed by atoms with Crippen molar-refractivity contribution in [3.63, 3.8) is 0 Å². The zero-order valence-corrected chi connectivity index (χ0v) is 8.42. The highest BCUT2D eigenvalue weighted by Crippen LogP contribution is 2.22. The fraction of sp³-hybridized carbons (Fsp3) is 0.625. The third-order valence-corrected chi connectivity index (χ3v) is 3.07. The van der Waals surface area contributed by atoms with Gasteiger partial charge in [0, 0.05) is 13.0 Å². The van der Waals surface area contributed by atoms with Gasteiger partial charge in [0.25, 0.3) is 0 Å². The highest BCUT2D eigenvalue weighted by molar-refractivity contribution is 9.10. The number of fused-ring (bicyclic) bond motifs is 1. The van der Waals surface area contributed by atoms with Crippen LogP contribution in [-0.2, 0) is 13.0 Å². The van der Waals surface area contributed by atoms with Crippen LogP contribution in [0.4, 0.5) is 0 Å². The first-order valence-corrected chi connectivity index (χ1v) is 5.00. The molecule has 0 spiro atoms. The molecular weight excluding hydrogens is 218 g/mol. The van der Waals surface area contributed by atoms with E-state index in [1.165, 1.54) is 12.2 Å². The van der Waals surface area contributed by atoms with E-state index >= 15 is 0 Å². The minimum Gasteiger partial charge on any atom is -0.330 e. The van der Waals surface area contributed by atoms with Crippen molar-refractivity contribution < 1.29 is 0 Å². The standard InChI is InChI=1S/C8H12BrN3/c9-7-4-11-8-2-1-6(3-10)5-12(7)8/h4,6H,1-3,5,10H2. The summed E-state index contributed by atoms with van der Waals surface area (Å²) >= 11 is 3.47. The van der Waals surface area contributed by atoms with Crippen molar-refractivity contribution in [2.75, 3.05) is 6.54 Å². The average Bonchev–Trinajstić information content (AvgIpc) is 2.47. The zero-order chi connectivity index (χ0) is 8.55. The molecule has 2 rings (SSSR count). The lowest BCUT2D eigenvalue weighted by Crippen LogP contribution is -2.26. The van der Waals surface area contributed by atoms with Crippen LogP contribution in [0.3, 0.4) is 0 Å². The van der Waals surface area contributed by atoms with Crippen molar-refractivity contribution in [3.8, 4) is 0 Å². The van der Waals surface area contributed by atoms with E-state index in [2.05, 4.69) is 25.5 Å². The van der Waals surface area contributed by atoms with Gasteiger partial charge in [-0.15, -0.1) is 0 Å². The van der Waals surface area contributed by atoms with Crippen LogP contribution < -0.4 is 5.73 Å². The predicted molar refractivity (Wildman–Crippen MR) is 50.8 cm³/mol. The van der Waals surface area contributed by atoms with Gasteiger partial charge in [-0.3, -0.25) is 0 Å². The number of aryl methyl sites for hydroxylation is 1. The average molecular weight is 230 g/mol. The summed E-state index contributed by atoms with van der Waals surface area (Å²) in [6.45, 7) is 1.80. The number of imidazole rings is 1. The molecular formula is C8H12BrN3. The highest BCUT2D eigenvalue weighted by atomic mass is 79.9. The van der Waals surface area contributed by atoms with Crippen LogP contribution >= 0.6 is 15.9 Å². The third-order valence-electron chi connectivity index (χ3n) is 2.44. The molecule has 1 aliphatic rings. The summed E-state index contributed by atoms with van der Waals surface area (Å²) in [5.41, 5.74) is 5.63. The van der Waals surface area contributed by atoms with E-state index in [-0.39, 0.29) is 0 Å². The number of hydrogen-bond acceptors (Lipinski definition) is 2. The Kier molecular flexibility index (Phi) is 2.19. The maximum Gasteiger partial charge on any atom is 0.109 e. The van der Waals surface area contributed by atoms with Crippen LogP contribution in [0.5, 0.6) is 0 Å². The summed E-state index contributed by atoms with van der Waals surface area (Å²) < 4.78 is 3.29. The fourth-order valence-electron chi connectivity index (χ4n) is 1.66. The maximum atomic E-state index is 5.63. The molecule has 66 valence electrons. The molecule has 0 aromatic carbocycles. The van der Waals surface area contributed by atoms with Gasteiger partial charge in [-0.05, 0) is 34.8 Å². The molecule has 1 aliphatic heterocycles. The SMILES string of the molecule is NCC1CCc2ncc(Br)n2C1. The van der Waals surface area contributed by atoms with Crippen LogP contribution in [0, 0.1) is 5.92 Å². The molecule has 0 saturated heterocycles. The van der Waals surface area contributed by atoms with Crippen LogP contribution in [0.1, 0.15) is 12.2 Å². The second kappa shape index (κ2) is 3.18. The van der Waals surface area contributed by atoms with Crippen LogP contribution in [0.2, 0.25) is 0 Å². The highest BCUT2D eigenvalue weighted by Gasteiger charge is 2.19. The molecule has 2 N–H and O–H groups in total. The van der Waals surface area contributed by atoms with E-state index in [4.69, 9.17) is 5.73 Å².